The molecule has 202 valence electrons. The number of methoxy groups -OCH3 is 1. The van der Waals surface area contributed by atoms with E-state index in [0.29, 0.717) is 23.9 Å². The molecule has 1 aliphatic heterocycles. The first-order valence-electron chi connectivity index (χ1n) is 11.4. The van der Waals surface area contributed by atoms with Gasteiger partial charge in [-0.3, -0.25) is 9.69 Å². The van der Waals surface area contributed by atoms with Gasteiger partial charge in [0.05, 0.1) is 17.1 Å². The van der Waals surface area contributed by atoms with Crippen LogP contribution in [0.5, 0.6) is 11.5 Å². The molecule has 8 nitrogen and oxygen atoms in total. The smallest absolute Gasteiger partial charge is 0.395 e. The second-order valence-electron chi connectivity index (χ2n) is 8.13. The Morgan fingerprint density at radius 3 is 2.58 bits per heavy atom. The van der Waals surface area contributed by atoms with Gasteiger partial charge in [-0.25, -0.2) is 4.98 Å². The van der Waals surface area contributed by atoms with Crippen molar-refractivity contribution in [1.29, 1.82) is 0 Å². The molecule has 38 heavy (non-hydrogen) atoms. The predicted octanol–water partition coefficient (Wildman–Crippen LogP) is 5.69. The van der Waals surface area contributed by atoms with Gasteiger partial charge in [0.15, 0.2) is 11.5 Å². The van der Waals surface area contributed by atoms with Crippen LogP contribution >= 0.6 is 0 Å². The Morgan fingerprint density at radius 2 is 1.82 bits per heavy atom. The number of rotatable bonds is 10. The first-order valence-corrected chi connectivity index (χ1v) is 11.4. The first kappa shape index (κ1) is 26.9. The number of carbonyl (C=O) groups is 1. The van der Waals surface area contributed by atoms with E-state index in [4.69, 9.17) is 4.74 Å². The van der Waals surface area contributed by atoms with Crippen molar-refractivity contribution < 1.29 is 41.0 Å². The predicted molar refractivity (Wildman–Crippen MR) is 129 cm³/mol. The first-order chi connectivity index (χ1) is 18.1. The van der Waals surface area contributed by atoms with Gasteiger partial charge in [-0.15, -0.1) is 8.78 Å². The third-order valence-electron chi connectivity index (χ3n) is 5.37. The fraction of sp³-hybridized carbons (Fsp3) is 0.280. The summed E-state index contributed by atoms with van der Waals surface area (Å²) in [5.41, 5.74) is 0.475. The molecule has 13 heteroatoms. The van der Waals surface area contributed by atoms with Crippen LogP contribution in [0.3, 0.4) is 0 Å². The molecule has 0 radical (unpaired) electrons. The van der Waals surface area contributed by atoms with Gasteiger partial charge in [0.1, 0.15) is 5.82 Å². The van der Waals surface area contributed by atoms with Crippen molar-refractivity contribution in [1.82, 2.24) is 4.98 Å². The van der Waals surface area contributed by atoms with Gasteiger partial charge in [-0.2, -0.15) is 13.2 Å². The number of pyridine rings is 1. The average Bonchev–Trinajstić information content (AvgIpc) is 3.19. The lowest BCUT2D eigenvalue weighted by Crippen LogP contribution is -2.38. The highest BCUT2D eigenvalue weighted by atomic mass is 19.4. The summed E-state index contributed by atoms with van der Waals surface area (Å²) in [5.74, 6) is -2.47. The number of carbonyl (C=O) groups excluding carboxylic acids is 1. The standard InChI is InChI=1S/C25H23F5N4O4/c1-36-12-4-10-31-22-13-16(9-11-32-22)15-33-18-5-2-3-6-19(18)34(23(35)24(26,27)28)17-7-8-20-21(14-17)38-25(29,30)37-20/h2-3,5-9,11,13-14,33H,4,10,12,15H2,1H3,(H,31,32). The fourth-order valence-electron chi connectivity index (χ4n) is 3.70. The Morgan fingerprint density at radius 1 is 1.05 bits per heavy atom. The van der Waals surface area contributed by atoms with Gasteiger partial charge in [-0.1, -0.05) is 12.1 Å². The SMILES string of the molecule is COCCCNc1cc(CNc2ccccc2N(C(=O)C(F)(F)F)c2ccc3c(c2)OC(F)(F)O3)ccn1. The van der Waals surface area contributed by atoms with E-state index in [9.17, 15) is 26.7 Å². The molecule has 3 aromatic rings. The number of ether oxygens (including phenoxy) is 3. The lowest BCUT2D eigenvalue weighted by Gasteiger charge is -2.26. The zero-order valence-corrected chi connectivity index (χ0v) is 20.0. The Kier molecular flexibility index (Phi) is 7.86. The molecule has 2 heterocycles. The summed E-state index contributed by atoms with van der Waals surface area (Å²) < 4.78 is 81.5. The van der Waals surface area contributed by atoms with Crippen LogP contribution < -0.4 is 25.0 Å². The number of anilines is 4. The van der Waals surface area contributed by atoms with Crippen LogP contribution in [0.25, 0.3) is 0 Å². The van der Waals surface area contributed by atoms with Gasteiger partial charge in [0.25, 0.3) is 0 Å². The van der Waals surface area contributed by atoms with E-state index in [1.54, 1.807) is 31.5 Å². The quantitative estimate of drug-likeness (QED) is 0.253. The molecular weight excluding hydrogens is 515 g/mol. The lowest BCUT2D eigenvalue weighted by molar-refractivity contribution is -0.286. The minimum absolute atomic E-state index is 0.146. The molecule has 0 spiro atoms. The molecule has 2 aromatic carbocycles. The van der Waals surface area contributed by atoms with Crippen molar-refractivity contribution in [3.05, 3.63) is 66.4 Å². The molecule has 2 N–H and O–H groups in total. The zero-order chi connectivity index (χ0) is 27.3. The van der Waals surface area contributed by atoms with E-state index in [1.165, 1.54) is 18.2 Å². The monoisotopic (exact) mass is 538 g/mol. The Labute approximate surface area is 214 Å². The number of halogens is 5. The highest BCUT2D eigenvalue weighted by molar-refractivity contribution is 6.06. The zero-order valence-electron chi connectivity index (χ0n) is 20.0. The third kappa shape index (κ3) is 6.40. The lowest BCUT2D eigenvalue weighted by atomic mass is 10.1. The number of nitrogens with one attached hydrogen (secondary N) is 2. The van der Waals surface area contributed by atoms with Crippen molar-refractivity contribution in [2.45, 2.75) is 25.4 Å². The number of amides is 1. The summed E-state index contributed by atoms with van der Waals surface area (Å²) >= 11 is 0. The number of benzene rings is 2. The second kappa shape index (κ2) is 11.1. The number of hydrogen-bond donors (Lipinski definition) is 2. The number of para-hydroxylation sites is 2. The van der Waals surface area contributed by atoms with Crippen LogP contribution in [0.2, 0.25) is 0 Å². The third-order valence-corrected chi connectivity index (χ3v) is 5.37. The van der Waals surface area contributed by atoms with Crippen LogP contribution in [-0.2, 0) is 16.1 Å². The largest absolute Gasteiger partial charge is 0.586 e. The molecule has 1 amide bonds. The van der Waals surface area contributed by atoms with Gasteiger partial charge >= 0.3 is 18.4 Å². The second-order valence-corrected chi connectivity index (χ2v) is 8.13. The van der Waals surface area contributed by atoms with E-state index in [1.807, 2.05) is 0 Å². The van der Waals surface area contributed by atoms with Crippen molar-refractivity contribution in [2.75, 3.05) is 35.8 Å². The molecule has 0 bridgehead atoms. The summed E-state index contributed by atoms with van der Waals surface area (Å²) in [6.45, 7) is 1.41. The van der Waals surface area contributed by atoms with Gasteiger partial charge in [-0.05, 0) is 48.4 Å². The number of fused-ring (bicyclic) bond motifs is 1. The molecule has 1 aliphatic rings. The van der Waals surface area contributed by atoms with Crippen molar-refractivity contribution in [3.63, 3.8) is 0 Å². The van der Waals surface area contributed by atoms with E-state index < -0.39 is 24.1 Å². The molecule has 0 saturated carbocycles. The van der Waals surface area contributed by atoms with Crippen LogP contribution in [-0.4, -0.2) is 43.6 Å². The van der Waals surface area contributed by atoms with Gasteiger partial charge in [0, 0.05) is 39.1 Å². The van der Waals surface area contributed by atoms with E-state index in [2.05, 4.69) is 25.1 Å². The molecule has 4 rings (SSSR count). The minimum atomic E-state index is -5.26. The Balaban J connectivity index is 1.60. The van der Waals surface area contributed by atoms with E-state index >= 15 is 0 Å². The summed E-state index contributed by atoms with van der Waals surface area (Å²) in [6.07, 6.45) is -6.87. The maximum Gasteiger partial charge on any atom is 0.586 e. The van der Waals surface area contributed by atoms with Crippen molar-refractivity contribution >= 4 is 28.8 Å². The molecule has 0 aliphatic carbocycles. The van der Waals surface area contributed by atoms with E-state index in [0.717, 1.165) is 30.2 Å². The summed E-state index contributed by atoms with van der Waals surface area (Å²) in [6, 6.07) is 12.3. The molecule has 0 atom stereocenters. The average molecular weight is 538 g/mol. The maximum absolute atomic E-state index is 13.6. The molecular formula is C25H23F5N4O4. The molecule has 0 saturated heterocycles. The normalized spacial score (nSPS) is 13.7. The highest BCUT2D eigenvalue weighted by Gasteiger charge is 2.46. The summed E-state index contributed by atoms with van der Waals surface area (Å²) in [5, 5.41) is 6.20. The summed E-state index contributed by atoms with van der Waals surface area (Å²) in [7, 11) is 1.61. The molecule has 0 unspecified atom stereocenters. The summed E-state index contributed by atoms with van der Waals surface area (Å²) in [4.78, 5) is 17.2. The van der Waals surface area contributed by atoms with Crippen LogP contribution in [0.1, 0.15) is 12.0 Å². The van der Waals surface area contributed by atoms with Crippen LogP contribution in [0.15, 0.2) is 60.8 Å². The minimum Gasteiger partial charge on any atom is -0.395 e. The van der Waals surface area contributed by atoms with Gasteiger partial charge in [0.2, 0.25) is 0 Å². The van der Waals surface area contributed by atoms with Crippen molar-refractivity contribution in [3.8, 4) is 11.5 Å². The van der Waals surface area contributed by atoms with Crippen LogP contribution in [0, 0.1) is 0 Å². The Bertz CT molecular complexity index is 1290. The topological polar surface area (TPSA) is 85.0 Å². The number of aromatic nitrogens is 1. The fourth-order valence-corrected chi connectivity index (χ4v) is 3.70. The van der Waals surface area contributed by atoms with Crippen molar-refractivity contribution in [2.24, 2.45) is 0 Å². The highest BCUT2D eigenvalue weighted by Crippen LogP contribution is 2.45. The maximum atomic E-state index is 13.6. The number of nitrogens with zero attached hydrogens (tertiary/aromatic N) is 2. The molecule has 1 aromatic heterocycles. The van der Waals surface area contributed by atoms with E-state index in [-0.39, 0.29) is 29.4 Å². The number of alkyl halides is 5. The molecule has 0 fully saturated rings. The van der Waals surface area contributed by atoms with Crippen LogP contribution in [0.4, 0.5) is 44.8 Å². The number of hydrogen-bond acceptors (Lipinski definition) is 7. The van der Waals surface area contributed by atoms with Gasteiger partial charge < -0.3 is 24.8 Å². The Hall–Kier alpha value is -4.13.